The molecule has 41 heavy (non-hydrogen) atoms. The molecule has 0 radical (unpaired) electrons. The van der Waals surface area contributed by atoms with Crippen molar-refractivity contribution in [1.82, 2.24) is 15.0 Å². The van der Waals surface area contributed by atoms with E-state index < -0.39 is 0 Å². The number of nitrogen functional groups attached to an aromatic ring is 1. The Morgan fingerprint density at radius 3 is 0.780 bits per heavy atom. The fourth-order valence-corrected chi connectivity index (χ4v) is 6.02. The summed E-state index contributed by atoms with van der Waals surface area (Å²) in [6, 6.07) is 0. The van der Waals surface area contributed by atoms with Crippen LogP contribution >= 0.6 is 0 Å². The molecular formula is C37H72N4. The Morgan fingerprint density at radius 2 is 0.537 bits per heavy atom. The third kappa shape index (κ3) is 26.2. The fraction of sp³-hybridized carbons (Fsp3) is 0.919. The summed E-state index contributed by atoms with van der Waals surface area (Å²) in [7, 11) is 0. The molecule has 2 N–H and O–H groups in total. The highest BCUT2D eigenvalue weighted by Crippen LogP contribution is 2.16. The number of hydrogen-bond acceptors (Lipinski definition) is 4. The van der Waals surface area contributed by atoms with E-state index in [0.29, 0.717) is 5.95 Å². The maximum atomic E-state index is 6.01. The highest BCUT2D eigenvalue weighted by atomic mass is 15.1. The first kappa shape index (κ1) is 37.8. The maximum Gasteiger partial charge on any atom is 0.223 e. The second kappa shape index (κ2) is 30.3. The SMILES string of the molecule is CCCCCCCCCCCCCCCCCc1nc(N)nc(CCCCCCCCCCCCCCCCC)n1. The molecule has 0 amide bonds. The smallest absolute Gasteiger partial charge is 0.223 e. The predicted molar refractivity (Wildman–Crippen MR) is 182 cm³/mol. The van der Waals surface area contributed by atoms with Crippen molar-refractivity contribution < 1.29 is 0 Å². The molecule has 1 aromatic heterocycles. The van der Waals surface area contributed by atoms with Crippen molar-refractivity contribution >= 4 is 5.95 Å². The molecule has 4 heteroatoms. The number of rotatable bonds is 32. The highest BCUT2D eigenvalue weighted by Gasteiger charge is 2.05. The molecule has 1 rings (SSSR count). The molecule has 0 saturated carbocycles. The van der Waals surface area contributed by atoms with Crippen LogP contribution in [0.2, 0.25) is 0 Å². The van der Waals surface area contributed by atoms with E-state index in [4.69, 9.17) is 10.7 Å². The Hall–Kier alpha value is -1.19. The van der Waals surface area contributed by atoms with Gasteiger partial charge in [-0.15, -0.1) is 0 Å². The van der Waals surface area contributed by atoms with Crippen molar-refractivity contribution in [3.63, 3.8) is 0 Å². The topological polar surface area (TPSA) is 64.7 Å². The molecule has 0 bridgehead atoms. The number of hydrogen-bond donors (Lipinski definition) is 1. The zero-order valence-corrected chi connectivity index (χ0v) is 28.0. The summed E-state index contributed by atoms with van der Waals surface area (Å²) in [6.45, 7) is 4.59. The minimum Gasteiger partial charge on any atom is -0.368 e. The second-order valence-electron chi connectivity index (χ2n) is 12.9. The van der Waals surface area contributed by atoms with Crippen LogP contribution < -0.4 is 5.73 Å². The van der Waals surface area contributed by atoms with Crippen LogP contribution in [0.4, 0.5) is 5.95 Å². The zero-order valence-electron chi connectivity index (χ0n) is 28.0. The first-order valence-electron chi connectivity index (χ1n) is 18.8. The number of aryl methyl sites for hydroxylation is 2. The molecule has 0 atom stereocenters. The molecule has 0 fully saturated rings. The van der Waals surface area contributed by atoms with Gasteiger partial charge in [0.25, 0.3) is 0 Å². The molecular weight excluding hydrogens is 500 g/mol. The van der Waals surface area contributed by atoms with Gasteiger partial charge in [-0.05, 0) is 12.8 Å². The van der Waals surface area contributed by atoms with Gasteiger partial charge >= 0.3 is 0 Å². The zero-order chi connectivity index (χ0) is 29.5. The van der Waals surface area contributed by atoms with Crippen LogP contribution in [0.5, 0.6) is 0 Å². The van der Waals surface area contributed by atoms with Crippen LogP contribution in [0.1, 0.15) is 218 Å². The van der Waals surface area contributed by atoms with Gasteiger partial charge in [0.05, 0.1) is 0 Å². The molecule has 0 saturated heterocycles. The van der Waals surface area contributed by atoms with E-state index >= 15 is 0 Å². The van der Waals surface area contributed by atoms with Crippen molar-refractivity contribution in [3.8, 4) is 0 Å². The summed E-state index contributed by atoms with van der Waals surface area (Å²) in [5.74, 6) is 2.22. The van der Waals surface area contributed by atoms with Crippen molar-refractivity contribution in [1.29, 1.82) is 0 Å². The first-order valence-corrected chi connectivity index (χ1v) is 18.8. The average Bonchev–Trinajstić information content (AvgIpc) is 2.97. The van der Waals surface area contributed by atoms with Gasteiger partial charge in [0.2, 0.25) is 5.95 Å². The maximum absolute atomic E-state index is 6.01. The number of nitrogens with zero attached hydrogens (tertiary/aromatic N) is 3. The van der Waals surface area contributed by atoms with E-state index in [1.54, 1.807) is 0 Å². The largest absolute Gasteiger partial charge is 0.368 e. The highest BCUT2D eigenvalue weighted by molar-refractivity contribution is 5.16. The molecule has 0 aliphatic carbocycles. The van der Waals surface area contributed by atoms with Crippen molar-refractivity contribution in [2.75, 3.05) is 5.73 Å². The second-order valence-corrected chi connectivity index (χ2v) is 12.9. The van der Waals surface area contributed by atoms with Crippen molar-refractivity contribution in [2.45, 2.75) is 219 Å². The van der Waals surface area contributed by atoms with Gasteiger partial charge in [-0.3, -0.25) is 0 Å². The normalized spacial score (nSPS) is 11.5. The van der Waals surface area contributed by atoms with Gasteiger partial charge in [0.15, 0.2) is 0 Å². The molecule has 4 nitrogen and oxygen atoms in total. The Labute approximate surface area is 257 Å². The number of nitrogens with two attached hydrogens (primary N) is 1. The summed E-state index contributed by atoms with van der Waals surface area (Å²) in [5.41, 5.74) is 6.01. The Kier molecular flexibility index (Phi) is 27.9. The predicted octanol–water partition coefficient (Wildman–Crippen LogP) is 12.3. The van der Waals surface area contributed by atoms with Crippen LogP contribution in [-0.2, 0) is 12.8 Å². The standard InChI is InChI=1S/C37H72N4/c1-3-5-7-9-11-13-15-17-19-21-23-25-27-29-31-33-35-39-36(41-37(38)40-35)34-32-30-28-26-24-22-20-18-16-14-12-10-8-6-4-2/h3-34H2,1-2H3,(H2,38,39,40,41). The van der Waals surface area contributed by atoms with Gasteiger partial charge < -0.3 is 5.73 Å². The Balaban J connectivity index is 1.93. The summed E-state index contributed by atoms with van der Waals surface area (Å²) >= 11 is 0. The van der Waals surface area contributed by atoms with E-state index in [0.717, 1.165) is 24.5 Å². The van der Waals surface area contributed by atoms with Crippen LogP contribution in [0.3, 0.4) is 0 Å². The first-order chi connectivity index (χ1) is 20.3. The number of anilines is 1. The van der Waals surface area contributed by atoms with Gasteiger partial charge in [-0.25, -0.2) is 4.98 Å². The van der Waals surface area contributed by atoms with E-state index in [1.165, 1.54) is 193 Å². The molecule has 0 spiro atoms. The van der Waals surface area contributed by atoms with Gasteiger partial charge in [-0.2, -0.15) is 9.97 Å². The van der Waals surface area contributed by atoms with Crippen LogP contribution in [0, 0.1) is 0 Å². The van der Waals surface area contributed by atoms with E-state index in [9.17, 15) is 0 Å². The summed E-state index contributed by atoms with van der Waals surface area (Å²) in [6.07, 6.45) is 43.6. The molecule has 1 aromatic rings. The lowest BCUT2D eigenvalue weighted by Gasteiger charge is -2.06. The lowest BCUT2D eigenvalue weighted by atomic mass is 10.0. The third-order valence-electron chi connectivity index (χ3n) is 8.75. The fourth-order valence-electron chi connectivity index (χ4n) is 6.02. The van der Waals surface area contributed by atoms with Gasteiger partial charge in [0, 0.05) is 12.8 Å². The van der Waals surface area contributed by atoms with Crippen molar-refractivity contribution in [3.05, 3.63) is 11.6 Å². The molecule has 0 aliphatic rings. The van der Waals surface area contributed by atoms with E-state index in [-0.39, 0.29) is 0 Å². The monoisotopic (exact) mass is 573 g/mol. The lowest BCUT2D eigenvalue weighted by molar-refractivity contribution is 0.530. The number of unbranched alkanes of at least 4 members (excludes halogenated alkanes) is 28. The van der Waals surface area contributed by atoms with Crippen LogP contribution in [0.15, 0.2) is 0 Å². The molecule has 240 valence electrons. The summed E-state index contributed by atoms with van der Waals surface area (Å²) < 4.78 is 0. The minimum absolute atomic E-state index is 0.409. The molecule has 0 aromatic carbocycles. The Bertz CT molecular complexity index is 610. The summed E-state index contributed by atoms with van der Waals surface area (Å²) in [5, 5.41) is 0. The lowest BCUT2D eigenvalue weighted by Crippen LogP contribution is -2.07. The third-order valence-corrected chi connectivity index (χ3v) is 8.75. The van der Waals surface area contributed by atoms with E-state index in [2.05, 4.69) is 23.8 Å². The van der Waals surface area contributed by atoms with Crippen LogP contribution in [-0.4, -0.2) is 15.0 Å². The number of aromatic nitrogens is 3. The quantitative estimate of drug-likeness (QED) is 0.0872. The summed E-state index contributed by atoms with van der Waals surface area (Å²) in [4.78, 5) is 13.6. The van der Waals surface area contributed by atoms with Crippen molar-refractivity contribution in [2.24, 2.45) is 0 Å². The van der Waals surface area contributed by atoms with Gasteiger partial charge in [-0.1, -0.05) is 194 Å². The molecule has 0 aliphatic heterocycles. The Morgan fingerprint density at radius 1 is 0.317 bits per heavy atom. The average molecular weight is 573 g/mol. The van der Waals surface area contributed by atoms with Crippen LogP contribution in [0.25, 0.3) is 0 Å². The van der Waals surface area contributed by atoms with E-state index in [1.807, 2.05) is 0 Å². The molecule has 1 heterocycles. The van der Waals surface area contributed by atoms with Gasteiger partial charge in [0.1, 0.15) is 11.6 Å². The molecule has 0 unspecified atom stereocenters. The minimum atomic E-state index is 0.409.